The molecular weight excluding hydrogens is 180 g/mol. The van der Waals surface area contributed by atoms with Gasteiger partial charge in [-0.3, -0.25) is 0 Å². The lowest BCUT2D eigenvalue weighted by Gasteiger charge is -2.03. The van der Waals surface area contributed by atoms with Crippen LogP contribution in [0.1, 0.15) is 66.0 Å². The van der Waals surface area contributed by atoms with Gasteiger partial charge in [0.05, 0.1) is 0 Å². The maximum atomic E-state index is 2.21. The van der Waals surface area contributed by atoms with Crippen molar-refractivity contribution >= 4 is 0 Å². The Bertz CT molecular complexity index is 194. The second kappa shape index (κ2) is 13.2. The highest BCUT2D eigenvalue weighted by molar-refractivity contribution is 5.23. The quantitative estimate of drug-likeness (QED) is 0.549. The molecule has 1 rings (SSSR count). The van der Waals surface area contributed by atoms with Gasteiger partial charge < -0.3 is 0 Å². The molecule has 0 aliphatic heterocycles. The number of hydrogen-bond donors (Lipinski definition) is 0. The van der Waals surface area contributed by atoms with Gasteiger partial charge in [-0.25, -0.2) is 0 Å². The summed E-state index contributed by atoms with van der Waals surface area (Å²) in [5.41, 5.74) is 2.76. The highest BCUT2D eigenvalue weighted by Crippen LogP contribution is 2.13. The molecule has 0 radical (unpaired) electrons. The molecule has 15 heavy (non-hydrogen) atoms. The van der Waals surface area contributed by atoms with Crippen molar-refractivity contribution in [3.63, 3.8) is 0 Å². The van der Waals surface area contributed by atoms with Crippen LogP contribution >= 0.6 is 0 Å². The Kier molecular flexibility index (Phi) is 17.4. The Hall–Kier alpha value is -0.780. The fraction of sp³-hybridized carbons (Fsp3) is 0.600. The number of benzene rings is 1. The fourth-order valence-corrected chi connectivity index (χ4v) is 0.951. The molecule has 90 valence electrons. The lowest BCUT2D eigenvalue weighted by molar-refractivity contribution is 0.866. The van der Waals surface area contributed by atoms with Crippen LogP contribution in [0, 0.1) is 6.92 Å². The first-order valence-corrected chi connectivity index (χ1v) is 5.76. The third-order valence-electron chi connectivity index (χ3n) is 1.74. The smallest absolute Gasteiger partial charge is 0.0219 e. The minimum atomic E-state index is 0. The average Bonchev–Trinajstić information content (AvgIpc) is 2.24. The molecule has 1 aromatic carbocycles. The van der Waals surface area contributed by atoms with Gasteiger partial charge in [0.15, 0.2) is 0 Å². The third kappa shape index (κ3) is 9.52. The molecule has 0 heterocycles. The molecule has 0 bridgehead atoms. The molecule has 0 aliphatic carbocycles. The van der Waals surface area contributed by atoms with E-state index in [1.807, 2.05) is 27.7 Å². The van der Waals surface area contributed by atoms with Gasteiger partial charge in [-0.1, -0.05) is 78.8 Å². The summed E-state index contributed by atoms with van der Waals surface area (Å²) in [6.07, 6.45) is 0. The van der Waals surface area contributed by atoms with Gasteiger partial charge in [0, 0.05) is 0 Å². The van der Waals surface area contributed by atoms with Gasteiger partial charge in [0.2, 0.25) is 0 Å². The van der Waals surface area contributed by atoms with Crippen LogP contribution in [0.2, 0.25) is 0 Å². The van der Waals surface area contributed by atoms with E-state index in [0.717, 1.165) is 0 Å². The summed E-state index contributed by atoms with van der Waals surface area (Å²) in [5, 5.41) is 0. The standard InChI is InChI=1S/C10H14.2C2H6.CH4/c1-8(2)10-6-4-9(3)5-7-10;2*1-2;/h4-8H,1-3H3;2*1-2H3;1H4. The lowest BCUT2D eigenvalue weighted by atomic mass is 10.0. The molecule has 0 N–H and O–H groups in total. The summed E-state index contributed by atoms with van der Waals surface area (Å²) < 4.78 is 0. The maximum Gasteiger partial charge on any atom is -0.0219 e. The summed E-state index contributed by atoms with van der Waals surface area (Å²) in [4.78, 5) is 0. The summed E-state index contributed by atoms with van der Waals surface area (Å²) >= 11 is 0. The Morgan fingerprint density at radius 2 is 1.13 bits per heavy atom. The van der Waals surface area contributed by atoms with E-state index in [2.05, 4.69) is 45.0 Å². The van der Waals surface area contributed by atoms with E-state index < -0.39 is 0 Å². The van der Waals surface area contributed by atoms with Gasteiger partial charge in [-0.2, -0.15) is 0 Å². The van der Waals surface area contributed by atoms with Crippen molar-refractivity contribution in [3.05, 3.63) is 35.4 Å². The van der Waals surface area contributed by atoms with E-state index in [1.165, 1.54) is 11.1 Å². The number of hydrogen-bond acceptors (Lipinski definition) is 0. The third-order valence-corrected chi connectivity index (χ3v) is 1.74. The van der Waals surface area contributed by atoms with Gasteiger partial charge in [-0.05, 0) is 18.4 Å². The lowest BCUT2D eigenvalue weighted by Crippen LogP contribution is -1.85. The molecule has 0 spiro atoms. The van der Waals surface area contributed by atoms with Crippen molar-refractivity contribution in [3.8, 4) is 0 Å². The Morgan fingerprint density at radius 3 is 1.40 bits per heavy atom. The molecule has 0 aromatic heterocycles. The molecule has 0 amide bonds. The van der Waals surface area contributed by atoms with Crippen LogP contribution in [0.15, 0.2) is 24.3 Å². The zero-order valence-corrected chi connectivity index (χ0v) is 10.9. The van der Waals surface area contributed by atoms with Crippen molar-refractivity contribution < 1.29 is 0 Å². The predicted molar refractivity (Wildman–Crippen MR) is 74.7 cm³/mol. The van der Waals surface area contributed by atoms with Crippen LogP contribution < -0.4 is 0 Å². The van der Waals surface area contributed by atoms with Crippen molar-refractivity contribution in [2.24, 2.45) is 0 Å². The summed E-state index contributed by atoms with van der Waals surface area (Å²) in [5.74, 6) is 0.653. The second-order valence-electron chi connectivity index (χ2n) is 3.07. The zero-order valence-electron chi connectivity index (χ0n) is 10.9. The molecule has 0 aliphatic rings. The highest BCUT2D eigenvalue weighted by Gasteiger charge is 1.95. The van der Waals surface area contributed by atoms with Gasteiger partial charge in [-0.15, -0.1) is 0 Å². The van der Waals surface area contributed by atoms with E-state index in [0.29, 0.717) is 5.92 Å². The van der Waals surface area contributed by atoms with E-state index in [4.69, 9.17) is 0 Å². The van der Waals surface area contributed by atoms with Gasteiger partial charge in [0.25, 0.3) is 0 Å². The first-order valence-electron chi connectivity index (χ1n) is 5.76. The van der Waals surface area contributed by atoms with Crippen molar-refractivity contribution in [2.75, 3.05) is 0 Å². The highest BCUT2D eigenvalue weighted by atomic mass is 14.0. The molecule has 0 saturated heterocycles. The summed E-state index contributed by atoms with van der Waals surface area (Å²) in [6, 6.07) is 8.71. The van der Waals surface area contributed by atoms with Crippen molar-refractivity contribution in [2.45, 2.75) is 61.8 Å². The normalized spacial score (nSPS) is 7.73. The first kappa shape index (κ1) is 19.7. The Balaban J connectivity index is -0.000000258. The summed E-state index contributed by atoms with van der Waals surface area (Å²) in [6.45, 7) is 14.5. The van der Waals surface area contributed by atoms with Crippen LogP contribution in [0.4, 0.5) is 0 Å². The van der Waals surface area contributed by atoms with E-state index in [-0.39, 0.29) is 7.43 Å². The molecular formula is C15H30. The number of rotatable bonds is 1. The number of aryl methyl sites for hydroxylation is 1. The fourth-order valence-electron chi connectivity index (χ4n) is 0.951. The molecule has 0 fully saturated rings. The van der Waals surface area contributed by atoms with E-state index in [1.54, 1.807) is 0 Å². The van der Waals surface area contributed by atoms with Crippen LogP contribution in [0.25, 0.3) is 0 Å². The van der Waals surface area contributed by atoms with Gasteiger partial charge in [0.1, 0.15) is 0 Å². The molecule has 0 atom stereocenters. The van der Waals surface area contributed by atoms with Crippen molar-refractivity contribution in [1.29, 1.82) is 0 Å². The Labute approximate surface area is 97.7 Å². The topological polar surface area (TPSA) is 0 Å². The molecule has 0 nitrogen and oxygen atoms in total. The first-order chi connectivity index (χ1) is 6.70. The van der Waals surface area contributed by atoms with Crippen LogP contribution in [-0.4, -0.2) is 0 Å². The SMILES string of the molecule is C.CC.CC.Cc1ccc(C(C)C)cc1. The monoisotopic (exact) mass is 210 g/mol. The predicted octanol–water partition coefficient (Wildman–Crippen LogP) is 5.81. The molecule has 1 aromatic rings. The van der Waals surface area contributed by atoms with Crippen LogP contribution in [0.5, 0.6) is 0 Å². The van der Waals surface area contributed by atoms with Crippen LogP contribution in [-0.2, 0) is 0 Å². The van der Waals surface area contributed by atoms with Crippen molar-refractivity contribution in [1.82, 2.24) is 0 Å². The van der Waals surface area contributed by atoms with Gasteiger partial charge >= 0.3 is 0 Å². The molecule has 0 saturated carbocycles. The Morgan fingerprint density at radius 1 is 0.800 bits per heavy atom. The van der Waals surface area contributed by atoms with Crippen LogP contribution in [0.3, 0.4) is 0 Å². The molecule has 0 heteroatoms. The molecule has 0 unspecified atom stereocenters. The minimum Gasteiger partial charge on any atom is -0.0776 e. The minimum absolute atomic E-state index is 0. The largest absolute Gasteiger partial charge is 0.0776 e. The average molecular weight is 210 g/mol. The van der Waals surface area contributed by atoms with E-state index in [9.17, 15) is 0 Å². The maximum absolute atomic E-state index is 2.21. The summed E-state index contributed by atoms with van der Waals surface area (Å²) in [7, 11) is 0. The van der Waals surface area contributed by atoms with E-state index >= 15 is 0 Å². The zero-order chi connectivity index (χ0) is 11.6. The second-order valence-corrected chi connectivity index (χ2v) is 3.07.